The van der Waals surface area contributed by atoms with Gasteiger partial charge in [-0.3, -0.25) is 4.79 Å². The fourth-order valence-corrected chi connectivity index (χ4v) is 2.08. The molecule has 0 aliphatic carbocycles. The molecule has 0 aliphatic rings. The van der Waals surface area contributed by atoms with Gasteiger partial charge in [0.1, 0.15) is 11.0 Å². The summed E-state index contributed by atoms with van der Waals surface area (Å²) in [6, 6.07) is 3.29. The van der Waals surface area contributed by atoms with Crippen molar-refractivity contribution in [3.05, 3.63) is 22.8 Å². The van der Waals surface area contributed by atoms with Crippen LogP contribution in [0, 0.1) is 0 Å². The first-order chi connectivity index (χ1) is 9.60. The van der Waals surface area contributed by atoms with Crippen LogP contribution in [-0.4, -0.2) is 48.5 Å². The van der Waals surface area contributed by atoms with E-state index >= 15 is 0 Å². The van der Waals surface area contributed by atoms with Gasteiger partial charge in [0.15, 0.2) is 0 Å². The fourth-order valence-electron chi connectivity index (χ4n) is 1.87. The maximum Gasteiger partial charge on any atom is 0.251 e. The van der Waals surface area contributed by atoms with Gasteiger partial charge < -0.3 is 15.5 Å². The van der Waals surface area contributed by atoms with Crippen LogP contribution in [0.2, 0.25) is 5.15 Å². The second-order valence-corrected chi connectivity index (χ2v) is 4.76. The minimum atomic E-state index is -0.124. The number of nitrogens with zero attached hydrogens (tertiary/aromatic N) is 2. The largest absolute Gasteiger partial charge is 0.370 e. The minimum Gasteiger partial charge on any atom is -0.370 e. The number of aromatic nitrogens is 1. The van der Waals surface area contributed by atoms with E-state index in [1.165, 1.54) is 0 Å². The molecule has 0 aromatic carbocycles. The number of hydrogen-bond acceptors (Lipinski definition) is 4. The molecular weight excluding hydrogens is 276 g/mol. The molecule has 1 heterocycles. The molecule has 0 saturated heterocycles. The molecule has 0 unspecified atom stereocenters. The number of halogens is 1. The summed E-state index contributed by atoms with van der Waals surface area (Å²) in [5.41, 5.74) is 0.528. The van der Waals surface area contributed by atoms with Crippen LogP contribution in [0.1, 0.15) is 31.1 Å². The lowest BCUT2D eigenvalue weighted by Gasteiger charge is -2.18. The Morgan fingerprint density at radius 2 is 2.00 bits per heavy atom. The van der Waals surface area contributed by atoms with Crippen molar-refractivity contribution in [3.8, 4) is 0 Å². The summed E-state index contributed by atoms with van der Waals surface area (Å²) >= 11 is 5.92. The van der Waals surface area contributed by atoms with Gasteiger partial charge in [0, 0.05) is 25.2 Å². The van der Waals surface area contributed by atoms with E-state index in [1.54, 1.807) is 12.1 Å². The van der Waals surface area contributed by atoms with E-state index < -0.39 is 0 Å². The molecule has 0 spiro atoms. The van der Waals surface area contributed by atoms with Crippen molar-refractivity contribution in [1.29, 1.82) is 0 Å². The van der Waals surface area contributed by atoms with E-state index in [0.717, 1.165) is 26.2 Å². The number of anilines is 1. The molecule has 0 aliphatic heterocycles. The number of rotatable bonds is 8. The lowest BCUT2D eigenvalue weighted by atomic mass is 10.2. The molecule has 1 aromatic heterocycles. The van der Waals surface area contributed by atoms with E-state index in [4.69, 9.17) is 11.6 Å². The molecule has 0 bridgehead atoms. The predicted molar refractivity (Wildman–Crippen MR) is 83.5 cm³/mol. The molecule has 5 nitrogen and oxygen atoms in total. The molecule has 20 heavy (non-hydrogen) atoms. The molecule has 112 valence electrons. The normalized spacial score (nSPS) is 10.7. The smallest absolute Gasteiger partial charge is 0.251 e. The highest BCUT2D eigenvalue weighted by Gasteiger charge is 2.09. The third kappa shape index (κ3) is 5.35. The van der Waals surface area contributed by atoms with Crippen molar-refractivity contribution in [2.24, 2.45) is 0 Å². The van der Waals surface area contributed by atoms with Gasteiger partial charge in [-0.1, -0.05) is 25.4 Å². The molecule has 1 rings (SSSR count). The van der Waals surface area contributed by atoms with Gasteiger partial charge in [0.05, 0.1) is 0 Å². The van der Waals surface area contributed by atoms with Crippen LogP contribution in [0.15, 0.2) is 12.1 Å². The highest BCUT2D eigenvalue weighted by atomic mass is 35.5. The van der Waals surface area contributed by atoms with Crippen molar-refractivity contribution in [3.63, 3.8) is 0 Å². The summed E-state index contributed by atoms with van der Waals surface area (Å²) in [4.78, 5) is 18.4. The molecule has 0 fully saturated rings. The van der Waals surface area contributed by atoms with Crippen molar-refractivity contribution < 1.29 is 4.79 Å². The Morgan fingerprint density at radius 1 is 1.30 bits per heavy atom. The Balaban J connectivity index is 2.58. The number of amides is 1. The number of carbonyl (C=O) groups is 1. The zero-order chi connectivity index (χ0) is 15.0. The van der Waals surface area contributed by atoms with E-state index in [9.17, 15) is 4.79 Å². The van der Waals surface area contributed by atoms with Crippen LogP contribution >= 0.6 is 11.6 Å². The van der Waals surface area contributed by atoms with Crippen molar-refractivity contribution >= 4 is 23.3 Å². The summed E-state index contributed by atoms with van der Waals surface area (Å²) in [7, 11) is 0. The second-order valence-electron chi connectivity index (χ2n) is 4.38. The summed E-state index contributed by atoms with van der Waals surface area (Å²) < 4.78 is 0. The highest BCUT2D eigenvalue weighted by molar-refractivity contribution is 6.29. The zero-order valence-corrected chi connectivity index (χ0v) is 13.1. The summed E-state index contributed by atoms with van der Waals surface area (Å²) in [5, 5.41) is 6.27. The summed E-state index contributed by atoms with van der Waals surface area (Å²) in [6.45, 7) is 10.3. The van der Waals surface area contributed by atoms with Gasteiger partial charge in [-0.25, -0.2) is 4.98 Å². The maximum absolute atomic E-state index is 12.1. The Hall–Kier alpha value is -1.33. The van der Waals surface area contributed by atoms with Gasteiger partial charge in [-0.2, -0.15) is 0 Å². The first-order valence-electron chi connectivity index (χ1n) is 7.02. The minimum absolute atomic E-state index is 0.124. The van der Waals surface area contributed by atoms with Crippen molar-refractivity contribution in [2.45, 2.75) is 20.8 Å². The lowest BCUT2D eigenvalue weighted by molar-refractivity contribution is 0.0949. The quantitative estimate of drug-likeness (QED) is 0.723. The Labute approximate surface area is 125 Å². The van der Waals surface area contributed by atoms with E-state index in [0.29, 0.717) is 23.1 Å². The number of carbonyl (C=O) groups excluding carboxylic acids is 1. The van der Waals surface area contributed by atoms with E-state index in [-0.39, 0.29) is 5.91 Å². The van der Waals surface area contributed by atoms with Gasteiger partial charge in [0.2, 0.25) is 0 Å². The Kier molecular flexibility index (Phi) is 7.33. The van der Waals surface area contributed by atoms with Crippen LogP contribution in [-0.2, 0) is 0 Å². The van der Waals surface area contributed by atoms with Gasteiger partial charge in [-0.15, -0.1) is 0 Å². The SMILES string of the molecule is CCNc1cc(C(=O)NCCN(CC)CC)cc(Cl)n1. The van der Waals surface area contributed by atoms with E-state index in [2.05, 4.69) is 34.4 Å². The fraction of sp³-hybridized carbons (Fsp3) is 0.571. The van der Waals surface area contributed by atoms with Crippen LogP contribution in [0.25, 0.3) is 0 Å². The van der Waals surface area contributed by atoms with Crippen LogP contribution in [0.5, 0.6) is 0 Å². The zero-order valence-electron chi connectivity index (χ0n) is 12.4. The van der Waals surface area contributed by atoms with Gasteiger partial charge in [-0.05, 0) is 32.1 Å². The predicted octanol–water partition coefficient (Wildman–Crippen LogP) is 2.24. The number of nitrogens with one attached hydrogen (secondary N) is 2. The average Bonchev–Trinajstić information content (AvgIpc) is 2.43. The molecule has 2 N–H and O–H groups in total. The second kappa shape index (κ2) is 8.76. The van der Waals surface area contributed by atoms with Crippen molar-refractivity contribution in [2.75, 3.05) is 38.0 Å². The molecular formula is C14H23ClN4O. The summed E-state index contributed by atoms with van der Waals surface area (Å²) in [5.74, 6) is 0.495. The molecule has 0 saturated carbocycles. The number of pyridine rings is 1. The third-order valence-electron chi connectivity index (χ3n) is 3.02. The van der Waals surface area contributed by atoms with E-state index in [1.807, 2.05) is 6.92 Å². The third-order valence-corrected chi connectivity index (χ3v) is 3.22. The van der Waals surface area contributed by atoms with Gasteiger partial charge >= 0.3 is 0 Å². The first kappa shape index (κ1) is 16.7. The van der Waals surface area contributed by atoms with Crippen molar-refractivity contribution in [1.82, 2.24) is 15.2 Å². The molecule has 1 aromatic rings. The number of hydrogen-bond donors (Lipinski definition) is 2. The monoisotopic (exact) mass is 298 g/mol. The van der Waals surface area contributed by atoms with Crippen LogP contribution in [0.4, 0.5) is 5.82 Å². The average molecular weight is 299 g/mol. The lowest BCUT2D eigenvalue weighted by Crippen LogP contribution is -2.34. The molecule has 6 heteroatoms. The molecule has 1 amide bonds. The maximum atomic E-state index is 12.1. The van der Waals surface area contributed by atoms with Crippen LogP contribution in [0.3, 0.4) is 0 Å². The molecule has 0 atom stereocenters. The molecule has 0 radical (unpaired) electrons. The van der Waals surface area contributed by atoms with Gasteiger partial charge in [0.25, 0.3) is 5.91 Å². The van der Waals surface area contributed by atoms with Crippen LogP contribution < -0.4 is 10.6 Å². The topological polar surface area (TPSA) is 57.3 Å². The Bertz CT molecular complexity index is 435. The summed E-state index contributed by atoms with van der Waals surface area (Å²) in [6.07, 6.45) is 0. The first-order valence-corrected chi connectivity index (χ1v) is 7.40. The number of likely N-dealkylation sites (N-methyl/N-ethyl adjacent to an activating group) is 1. The standard InChI is InChI=1S/C14H23ClN4O/c1-4-16-13-10-11(9-12(15)18-13)14(20)17-7-8-19(5-2)6-3/h9-10H,4-8H2,1-3H3,(H,16,18)(H,17,20). The highest BCUT2D eigenvalue weighted by Crippen LogP contribution is 2.14. The Morgan fingerprint density at radius 3 is 2.60 bits per heavy atom.